The first kappa shape index (κ1) is 15.3. The third-order valence-corrected chi connectivity index (χ3v) is 6.17. The van der Waals surface area contributed by atoms with Crippen molar-refractivity contribution in [3.63, 3.8) is 0 Å². The molecule has 0 bridgehead atoms. The van der Waals surface area contributed by atoms with Crippen LogP contribution in [0.25, 0.3) is 0 Å². The van der Waals surface area contributed by atoms with E-state index >= 15 is 0 Å². The van der Waals surface area contributed by atoms with Crippen molar-refractivity contribution in [3.8, 4) is 0 Å². The number of anilines is 1. The van der Waals surface area contributed by atoms with Gasteiger partial charge in [0.05, 0.1) is 23.6 Å². The van der Waals surface area contributed by atoms with Crippen LogP contribution in [-0.4, -0.2) is 45.0 Å². The second-order valence-corrected chi connectivity index (χ2v) is 7.77. The zero-order chi connectivity index (χ0) is 15.7. The summed E-state index contributed by atoms with van der Waals surface area (Å²) < 4.78 is 32.1. The molecule has 7 heteroatoms. The van der Waals surface area contributed by atoms with E-state index in [9.17, 15) is 13.2 Å². The van der Waals surface area contributed by atoms with Crippen molar-refractivity contribution in [2.24, 2.45) is 5.92 Å². The first-order valence-electron chi connectivity index (χ1n) is 7.42. The van der Waals surface area contributed by atoms with E-state index in [1.165, 1.54) is 16.4 Å². The lowest BCUT2D eigenvalue weighted by atomic mass is 10.1. The molecule has 1 atom stereocenters. The fraction of sp³-hybridized carbons (Fsp3) is 0.533. The highest BCUT2D eigenvalue weighted by Gasteiger charge is 2.32. The van der Waals surface area contributed by atoms with Crippen LogP contribution in [0.4, 0.5) is 5.69 Å². The van der Waals surface area contributed by atoms with E-state index < -0.39 is 16.0 Å². The van der Waals surface area contributed by atoms with Gasteiger partial charge < -0.3 is 9.84 Å². The molecule has 120 valence electrons. The van der Waals surface area contributed by atoms with Crippen molar-refractivity contribution < 1.29 is 23.1 Å². The Labute approximate surface area is 129 Å². The number of hydrogen-bond acceptors (Lipinski definition) is 4. The van der Waals surface area contributed by atoms with E-state index in [1.807, 2.05) is 0 Å². The number of fused-ring (bicyclic) bond motifs is 1. The lowest BCUT2D eigenvalue weighted by Gasteiger charge is -2.26. The molecule has 1 unspecified atom stereocenters. The molecule has 1 aromatic rings. The number of hydrogen-bond donors (Lipinski definition) is 1. The van der Waals surface area contributed by atoms with Crippen molar-refractivity contribution in [1.82, 2.24) is 0 Å². The summed E-state index contributed by atoms with van der Waals surface area (Å²) in [5.74, 6) is -0.970. The molecule has 1 fully saturated rings. The summed E-state index contributed by atoms with van der Waals surface area (Å²) in [5, 5.41) is 9.08. The Morgan fingerprint density at radius 2 is 2.23 bits per heavy atom. The average molecular weight is 325 g/mol. The molecule has 1 N–H and O–H groups in total. The summed E-state index contributed by atoms with van der Waals surface area (Å²) in [4.78, 5) is 11.1. The number of nitrogens with zero attached hydrogens (tertiary/aromatic N) is 1. The standard InChI is InChI=1S/C15H19NO5S/c17-15(18)13-4-3-12-5-6-16(14(12)8-13)22(19,20)10-11-2-1-7-21-9-11/h3-4,8,11H,1-2,5-7,9-10H2,(H,17,18). The van der Waals surface area contributed by atoms with E-state index in [0.29, 0.717) is 31.9 Å². The molecule has 1 aromatic carbocycles. The normalized spacial score (nSPS) is 21.6. The lowest BCUT2D eigenvalue weighted by Crippen LogP contribution is -2.36. The third kappa shape index (κ3) is 2.96. The van der Waals surface area contributed by atoms with Crippen LogP contribution in [0.3, 0.4) is 0 Å². The summed E-state index contributed by atoms with van der Waals surface area (Å²) >= 11 is 0. The maximum absolute atomic E-state index is 12.7. The highest BCUT2D eigenvalue weighted by molar-refractivity contribution is 7.92. The van der Waals surface area contributed by atoms with Crippen molar-refractivity contribution >= 4 is 21.7 Å². The summed E-state index contributed by atoms with van der Waals surface area (Å²) in [6.07, 6.45) is 2.37. The summed E-state index contributed by atoms with van der Waals surface area (Å²) in [7, 11) is -3.46. The van der Waals surface area contributed by atoms with Gasteiger partial charge in [-0.25, -0.2) is 13.2 Å². The predicted molar refractivity (Wildman–Crippen MR) is 81.8 cm³/mol. The molecule has 6 nitrogen and oxygen atoms in total. The van der Waals surface area contributed by atoms with Crippen LogP contribution in [0.5, 0.6) is 0 Å². The molecule has 0 saturated carbocycles. The van der Waals surface area contributed by atoms with Gasteiger partial charge >= 0.3 is 5.97 Å². The van der Waals surface area contributed by atoms with Gasteiger partial charge in [-0.2, -0.15) is 0 Å². The van der Waals surface area contributed by atoms with E-state index in [1.54, 1.807) is 6.07 Å². The van der Waals surface area contributed by atoms with Crippen LogP contribution in [0.2, 0.25) is 0 Å². The smallest absolute Gasteiger partial charge is 0.335 e. The molecule has 2 aliphatic heterocycles. The Morgan fingerprint density at radius 3 is 2.91 bits per heavy atom. The van der Waals surface area contributed by atoms with Gasteiger partial charge in [0.1, 0.15) is 0 Å². The highest BCUT2D eigenvalue weighted by Crippen LogP contribution is 2.32. The minimum Gasteiger partial charge on any atom is -0.478 e. The minimum atomic E-state index is -3.46. The zero-order valence-electron chi connectivity index (χ0n) is 12.2. The van der Waals surface area contributed by atoms with Crippen LogP contribution < -0.4 is 4.31 Å². The average Bonchev–Trinajstić information content (AvgIpc) is 2.91. The van der Waals surface area contributed by atoms with Crippen LogP contribution >= 0.6 is 0 Å². The fourth-order valence-electron chi connectivity index (χ4n) is 3.10. The molecule has 3 rings (SSSR count). The van der Waals surface area contributed by atoms with E-state index in [4.69, 9.17) is 9.84 Å². The summed E-state index contributed by atoms with van der Waals surface area (Å²) in [6, 6.07) is 4.68. The first-order chi connectivity index (χ1) is 10.5. The molecule has 0 radical (unpaired) electrons. The molecular formula is C15H19NO5S. The Kier molecular flexibility index (Phi) is 4.10. The van der Waals surface area contributed by atoms with Crippen LogP contribution in [0.15, 0.2) is 18.2 Å². The number of sulfonamides is 1. The van der Waals surface area contributed by atoms with Gasteiger partial charge in [-0.05, 0) is 42.9 Å². The molecular weight excluding hydrogens is 306 g/mol. The number of rotatable bonds is 4. The van der Waals surface area contributed by atoms with Gasteiger partial charge in [-0.1, -0.05) is 6.07 Å². The number of carbonyl (C=O) groups is 1. The number of benzene rings is 1. The van der Waals surface area contributed by atoms with Crippen LogP contribution in [-0.2, 0) is 21.2 Å². The monoisotopic (exact) mass is 325 g/mol. The Hall–Kier alpha value is -1.60. The van der Waals surface area contributed by atoms with E-state index in [2.05, 4.69) is 0 Å². The SMILES string of the molecule is O=C(O)c1ccc2c(c1)N(S(=O)(=O)CC1CCCOC1)CC2. The second kappa shape index (κ2) is 5.89. The van der Waals surface area contributed by atoms with Crippen molar-refractivity contribution in [2.75, 3.05) is 29.8 Å². The first-order valence-corrected chi connectivity index (χ1v) is 9.02. The zero-order valence-corrected chi connectivity index (χ0v) is 13.0. The molecule has 0 aliphatic carbocycles. The number of ether oxygens (including phenoxy) is 1. The minimum absolute atomic E-state index is 0.0189. The predicted octanol–water partition coefficient (Wildman–Crippen LogP) is 1.50. The van der Waals surface area contributed by atoms with Gasteiger partial charge in [0.25, 0.3) is 0 Å². The molecule has 2 heterocycles. The number of aromatic carboxylic acids is 1. The van der Waals surface area contributed by atoms with Gasteiger partial charge in [-0.3, -0.25) is 4.31 Å². The van der Waals surface area contributed by atoms with Crippen LogP contribution in [0.1, 0.15) is 28.8 Å². The van der Waals surface area contributed by atoms with Gasteiger partial charge in [0.15, 0.2) is 0 Å². The molecule has 1 saturated heterocycles. The van der Waals surface area contributed by atoms with Gasteiger partial charge in [-0.15, -0.1) is 0 Å². The maximum Gasteiger partial charge on any atom is 0.335 e. The van der Waals surface area contributed by atoms with Gasteiger partial charge in [0.2, 0.25) is 10.0 Å². The van der Waals surface area contributed by atoms with Crippen molar-refractivity contribution in [1.29, 1.82) is 0 Å². The summed E-state index contributed by atoms with van der Waals surface area (Å²) in [5.41, 5.74) is 1.51. The quantitative estimate of drug-likeness (QED) is 0.907. The molecule has 0 spiro atoms. The largest absolute Gasteiger partial charge is 0.478 e. The number of carboxylic acids is 1. The second-order valence-electron chi connectivity index (χ2n) is 5.83. The topological polar surface area (TPSA) is 83.9 Å². The Morgan fingerprint density at radius 1 is 1.41 bits per heavy atom. The molecule has 22 heavy (non-hydrogen) atoms. The van der Waals surface area contributed by atoms with Gasteiger partial charge in [0, 0.05) is 13.2 Å². The highest BCUT2D eigenvalue weighted by atomic mass is 32.2. The molecule has 0 amide bonds. The van der Waals surface area contributed by atoms with E-state index in [0.717, 1.165) is 18.4 Å². The van der Waals surface area contributed by atoms with Crippen LogP contribution in [0, 0.1) is 5.92 Å². The Bertz CT molecular complexity index is 679. The summed E-state index contributed by atoms with van der Waals surface area (Å²) in [6.45, 7) is 1.56. The molecule has 0 aromatic heterocycles. The number of carboxylic acid groups (broad SMARTS) is 1. The fourth-order valence-corrected chi connectivity index (χ4v) is 4.98. The van der Waals surface area contributed by atoms with Crippen molar-refractivity contribution in [3.05, 3.63) is 29.3 Å². The Balaban J connectivity index is 1.84. The lowest BCUT2D eigenvalue weighted by molar-refractivity contribution is 0.0626. The third-order valence-electron chi connectivity index (χ3n) is 4.22. The van der Waals surface area contributed by atoms with Crippen molar-refractivity contribution in [2.45, 2.75) is 19.3 Å². The van der Waals surface area contributed by atoms with E-state index in [-0.39, 0.29) is 17.2 Å². The molecule has 2 aliphatic rings. The maximum atomic E-state index is 12.7.